The molecule has 0 saturated carbocycles. The minimum Gasteiger partial charge on any atom is -0.289 e. The van der Waals surface area contributed by atoms with Gasteiger partial charge in [-0.2, -0.15) is 4.31 Å². The third kappa shape index (κ3) is 4.01. The van der Waals surface area contributed by atoms with Gasteiger partial charge in [0.05, 0.1) is 28.0 Å². The third-order valence-electron chi connectivity index (χ3n) is 5.81. The van der Waals surface area contributed by atoms with E-state index < -0.39 is 21.0 Å². The van der Waals surface area contributed by atoms with Gasteiger partial charge in [0.1, 0.15) is 0 Å². The van der Waals surface area contributed by atoms with Gasteiger partial charge in [-0.25, -0.2) is 13.3 Å². The fraction of sp³-hybridized carbons (Fsp3) is 0.333. The van der Waals surface area contributed by atoms with Gasteiger partial charge in [0.15, 0.2) is 0 Å². The van der Waals surface area contributed by atoms with E-state index in [0.717, 1.165) is 17.7 Å². The molecule has 2 aromatic carbocycles. The Bertz CT molecular complexity index is 1160. The summed E-state index contributed by atoms with van der Waals surface area (Å²) in [6.07, 6.45) is 0.0574. The lowest BCUT2D eigenvalue weighted by Crippen LogP contribution is -2.53. The standard InChI is InChI=1S/C21H22N4O6S/c1-15-2-4-16(5-3-15)24-20(26)14-19(21(24)27)22-10-12-23(13-11-22)32(30,31)18-8-6-17(7-9-18)25(28)29/h2-9,19H,10-14H2,1H3/t19-/m0/s1. The largest absolute Gasteiger partial charge is 0.289 e. The number of imide groups is 1. The van der Waals surface area contributed by atoms with E-state index in [1.807, 2.05) is 24.0 Å². The first-order valence-electron chi connectivity index (χ1n) is 10.1. The molecule has 32 heavy (non-hydrogen) atoms. The molecule has 2 heterocycles. The molecule has 10 nitrogen and oxygen atoms in total. The molecule has 0 unspecified atom stereocenters. The maximum Gasteiger partial charge on any atom is 0.269 e. The lowest BCUT2D eigenvalue weighted by molar-refractivity contribution is -0.384. The second-order valence-corrected chi connectivity index (χ2v) is 9.75. The first kappa shape index (κ1) is 22.1. The van der Waals surface area contributed by atoms with E-state index in [1.54, 1.807) is 12.1 Å². The van der Waals surface area contributed by atoms with Crippen molar-refractivity contribution in [1.29, 1.82) is 0 Å². The van der Waals surface area contributed by atoms with Crippen molar-refractivity contribution in [1.82, 2.24) is 9.21 Å². The smallest absolute Gasteiger partial charge is 0.269 e. The van der Waals surface area contributed by atoms with Crippen LogP contribution in [0.15, 0.2) is 53.4 Å². The van der Waals surface area contributed by atoms with Crippen molar-refractivity contribution >= 4 is 33.2 Å². The predicted molar refractivity (Wildman–Crippen MR) is 116 cm³/mol. The van der Waals surface area contributed by atoms with Crippen LogP contribution < -0.4 is 4.90 Å². The summed E-state index contributed by atoms with van der Waals surface area (Å²) in [5, 5.41) is 10.8. The lowest BCUT2D eigenvalue weighted by atomic mass is 10.2. The minimum absolute atomic E-state index is 0.0192. The quantitative estimate of drug-likeness (QED) is 0.378. The van der Waals surface area contributed by atoms with Crippen molar-refractivity contribution < 1.29 is 22.9 Å². The Morgan fingerprint density at radius 1 is 0.938 bits per heavy atom. The number of nitrogens with zero attached hydrogens (tertiary/aromatic N) is 4. The Labute approximate surface area is 185 Å². The monoisotopic (exact) mass is 458 g/mol. The molecule has 0 bridgehead atoms. The second-order valence-electron chi connectivity index (χ2n) is 7.81. The maximum absolute atomic E-state index is 13.0. The Balaban J connectivity index is 1.43. The highest BCUT2D eigenvalue weighted by molar-refractivity contribution is 7.89. The molecule has 2 fully saturated rings. The summed E-state index contributed by atoms with van der Waals surface area (Å²) in [7, 11) is -3.81. The molecule has 2 aromatic rings. The van der Waals surface area contributed by atoms with Gasteiger partial charge in [0, 0.05) is 38.3 Å². The number of sulfonamides is 1. The number of carbonyl (C=O) groups excluding carboxylic acids is 2. The number of hydrogen-bond donors (Lipinski definition) is 0. The number of non-ortho nitro benzene ring substituents is 1. The molecule has 0 radical (unpaired) electrons. The van der Waals surface area contributed by atoms with E-state index in [9.17, 15) is 28.1 Å². The van der Waals surface area contributed by atoms with Gasteiger partial charge in [-0.3, -0.25) is 24.6 Å². The first-order chi connectivity index (χ1) is 15.2. The van der Waals surface area contributed by atoms with Crippen LogP contribution in [0.3, 0.4) is 0 Å². The van der Waals surface area contributed by atoms with Crippen LogP contribution in [0.2, 0.25) is 0 Å². The first-order valence-corrected chi connectivity index (χ1v) is 11.5. The number of rotatable bonds is 5. The van der Waals surface area contributed by atoms with Gasteiger partial charge in [-0.05, 0) is 31.2 Å². The van der Waals surface area contributed by atoms with Crippen molar-refractivity contribution in [3.63, 3.8) is 0 Å². The summed E-state index contributed by atoms with van der Waals surface area (Å²) in [6.45, 7) is 2.84. The summed E-state index contributed by atoms with van der Waals surface area (Å²) in [4.78, 5) is 38.7. The fourth-order valence-corrected chi connectivity index (χ4v) is 5.43. The second kappa shape index (κ2) is 8.41. The molecule has 0 N–H and O–H groups in total. The van der Waals surface area contributed by atoms with E-state index in [-0.39, 0.29) is 41.9 Å². The van der Waals surface area contributed by atoms with Crippen LogP contribution in [0.4, 0.5) is 11.4 Å². The zero-order valence-corrected chi connectivity index (χ0v) is 18.2. The van der Waals surface area contributed by atoms with Crippen molar-refractivity contribution in [3.8, 4) is 0 Å². The lowest BCUT2D eigenvalue weighted by Gasteiger charge is -2.36. The predicted octanol–water partition coefficient (Wildman–Crippen LogP) is 1.54. The van der Waals surface area contributed by atoms with Gasteiger partial charge >= 0.3 is 0 Å². The molecular weight excluding hydrogens is 436 g/mol. The summed E-state index contributed by atoms with van der Waals surface area (Å²) < 4.78 is 27.1. The SMILES string of the molecule is Cc1ccc(N2C(=O)C[C@H](N3CCN(S(=O)(=O)c4ccc([N+](=O)[O-])cc4)CC3)C2=O)cc1. The highest BCUT2D eigenvalue weighted by Crippen LogP contribution is 2.28. The number of nitro benzene ring substituents is 1. The molecular formula is C21H22N4O6S. The maximum atomic E-state index is 13.0. The molecule has 168 valence electrons. The van der Waals surface area contributed by atoms with E-state index in [2.05, 4.69) is 0 Å². The van der Waals surface area contributed by atoms with E-state index >= 15 is 0 Å². The molecule has 2 amide bonds. The number of nitro groups is 1. The summed E-state index contributed by atoms with van der Waals surface area (Å²) >= 11 is 0. The number of carbonyl (C=O) groups is 2. The molecule has 0 spiro atoms. The van der Waals surface area contributed by atoms with E-state index in [4.69, 9.17) is 0 Å². The molecule has 4 rings (SSSR count). The Hall–Kier alpha value is -3.15. The average Bonchev–Trinajstić information content (AvgIpc) is 3.08. The van der Waals surface area contributed by atoms with Gasteiger partial charge in [-0.1, -0.05) is 17.7 Å². The summed E-state index contributed by atoms with van der Waals surface area (Å²) in [6, 6.07) is 11.3. The number of piperazine rings is 1. The summed E-state index contributed by atoms with van der Waals surface area (Å²) in [5.74, 6) is -0.574. The van der Waals surface area contributed by atoms with Crippen molar-refractivity contribution in [2.45, 2.75) is 24.3 Å². The third-order valence-corrected chi connectivity index (χ3v) is 7.73. The van der Waals surface area contributed by atoms with Crippen molar-refractivity contribution in [3.05, 3.63) is 64.2 Å². The van der Waals surface area contributed by atoms with Gasteiger partial charge < -0.3 is 0 Å². The van der Waals surface area contributed by atoms with E-state index in [1.165, 1.54) is 21.3 Å². The highest BCUT2D eigenvalue weighted by Gasteiger charge is 2.44. The number of anilines is 1. The Kier molecular flexibility index (Phi) is 5.80. The van der Waals surface area contributed by atoms with Crippen LogP contribution in [-0.2, 0) is 19.6 Å². The fourth-order valence-electron chi connectivity index (χ4n) is 4.01. The number of aryl methyl sites for hydroxylation is 1. The number of amides is 2. The van der Waals surface area contributed by atoms with Crippen molar-refractivity contribution in [2.75, 3.05) is 31.1 Å². The van der Waals surface area contributed by atoms with E-state index in [0.29, 0.717) is 18.8 Å². The van der Waals surface area contributed by atoms with Crippen LogP contribution in [0.25, 0.3) is 0 Å². The average molecular weight is 458 g/mol. The van der Waals surface area contributed by atoms with Crippen LogP contribution in [0.1, 0.15) is 12.0 Å². The Morgan fingerprint density at radius 2 is 1.53 bits per heavy atom. The molecule has 0 aromatic heterocycles. The van der Waals surface area contributed by atoms with Gasteiger partial charge in [0.2, 0.25) is 15.9 Å². The molecule has 2 aliphatic heterocycles. The summed E-state index contributed by atoms with van der Waals surface area (Å²) in [5.41, 5.74) is 1.37. The molecule has 2 saturated heterocycles. The Morgan fingerprint density at radius 3 is 2.09 bits per heavy atom. The molecule has 0 aliphatic carbocycles. The number of hydrogen-bond acceptors (Lipinski definition) is 7. The van der Waals surface area contributed by atoms with Crippen LogP contribution in [0, 0.1) is 17.0 Å². The van der Waals surface area contributed by atoms with Crippen LogP contribution >= 0.6 is 0 Å². The minimum atomic E-state index is -3.81. The van der Waals surface area contributed by atoms with Crippen LogP contribution in [0.5, 0.6) is 0 Å². The zero-order chi connectivity index (χ0) is 23.0. The molecule has 11 heteroatoms. The van der Waals surface area contributed by atoms with Gasteiger partial charge in [-0.15, -0.1) is 0 Å². The highest BCUT2D eigenvalue weighted by atomic mass is 32.2. The zero-order valence-electron chi connectivity index (χ0n) is 17.4. The normalized spacial score (nSPS) is 20.7. The molecule has 2 aliphatic rings. The van der Waals surface area contributed by atoms with Crippen LogP contribution in [-0.4, -0.2) is 66.6 Å². The molecule has 1 atom stereocenters. The van der Waals surface area contributed by atoms with Gasteiger partial charge in [0.25, 0.3) is 11.6 Å². The number of benzene rings is 2. The topological polar surface area (TPSA) is 121 Å². The van der Waals surface area contributed by atoms with Crippen molar-refractivity contribution in [2.24, 2.45) is 0 Å².